The Morgan fingerprint density at radius 2 is 1.45 bits per heavy atom. The fourth-order valence-electron chi connectivity index (χ4n) is 1.70. The van der Waals surface area contributed by atoms with E-state index in [1.165, 1.54) is 0 Å². The van der Waals surface area contributed by atoms with Gasteiger partial charge in [0.25, 0.3) is 0 Å². The molecule has 0 aliphatic carbocycles. The van der Waals surface area contributed by atoms with E-state index in [2.05, 4.69) is 10.6 Å². The van der Waals surface area contributed by atoms with Gasteiger partial charge >= 0.3 is 23.9 Å². The van der Waals surface area contributed by atoms with E-state index in [9.17, 15) is 19.2 Å². The fraction of sp³-hybridized carbons (Fsp3) is 0.778. The number of aliphatic carboxylic acids is 3. The first-order valence-electron chi connectivity index (χ1n) is 9.88. The predicted octanol–water partition coefficient (Wildman–Crippen LogP) is -1.28. The van der Waals surface area contributed by atoms with Crippen LogP contribution in [0.3, 0.4) is 0 Å². The first kappa shape index (κ1) is 33.2. The Morgan fingerprint density at radius 1 is 0.903 bits per heavy atom. The maximum absolute atomic E-state index is 10.4. The Morgan fingerprint density at radius 3 is 1.74 bits per heavy atom. The number of rotatable bonds is 13. The van der Waals surface area contributed by atoms with Gasteiger partial charge < -0.3 is 48.3 Å². The number of nitrogens with one attached hydrogen (secondary N) is 2. The fourth-order valence-corrected chi connectivity index (χ4v) is 1.70. The van der Waals surface area contributed by atoms with Crippen molar-refractivity contribution in [2.24, 2.45) is 23.1 Å². The van der Waals surface area contributed by atoms with Crippen LogP contribution in [0, 0.1) is 5.92 Å². The van der Waals surface area contributed by atoms with Crippen LogP contribution in [-0.2, 0) is 14.4 Å². The lowest BCUT2D eigenvalue weighted by molar-refractivity contribution is -0.140. The molecular weight excluding hydrogens is 414 g/mol. The summed E-state index contributed by atoms with van der Waals surface area (Å²) < 4.78 is 0. The number of hydrogen-bond acceptors (Lipinski definition) is 8. The summed E-state index contributed by atoms with van der Waals surface area (Å²) in [7, 11) is 0. The standard InChI is InChI=1S/C7H15NO3.C6H13N3O3.C5H11NO2/c1-2-4-8-6(3-5-9)7(10)11;7-4(5(10)11)2-1-3-9-6(8)12;1-3(2)4(6)5(7)8/h6,8-9H,2-5H2,1H3,(H,10,11);4H,1-3,7H2,(H,10,11)(H3,8,9,12);3-4H,6H2,1-2H3,(H,7,8). The van der Waals surface area contributed by atoms with Gasteiger partial charge in [-0.25, -0.2) is 4.79 Å². The Hall–Kier alpha value is -2.48. The molecule has 12 N–H and O–H groups in total. The normalized spacial score (nSPS) is 12.9. The smallest absolute Gasteiger partial charge is 0.320 e. The van der Waals surface area contributed by atoms with Crippen LogP contribution >= 0.6 is 0 Å². The van der Waals surface area contributed by atoms with Gasteiger partial charge in [0.1, 0.15) is 18.1 Å². The number of nitrogens with two attached hydrogens (primary N) is 3. The molecule has 0 aliphatic rings. The van der Waals surface area contributed by atoms with Crippen molar-refractivity contribution in [3.8, 4) is 0 Å². The van der Waals surface area contributed by atoms with Crippen molar-refractivity contribution < 1.29 is 39.6 Å². The van der Waals surface area contributed by atoms with E-state index >= 15 is 0 Å². The van der Waals surface area contributed by atoms with Crippen LogP contribution in [0.15, 0.2) is 0 Å². The van der Waals surface area contributed by atoms with Crippen molar-refractivity contribution in [2.45, 2.75) is 64.6 Å². The first-order chi connectivity index (χ1) is 14.3. The van der Waals surface area contributed by atoms with Gasteiger partial charge in [0.05, 0.1) is 0 Å². The molecule has 0 fully saturated rings. The van der Waals surface area contributed by atoms with Gasteiger partial charge in [-0.2, -0.15) is 0 Å². The van der Waals surface area contributed by atoms with Crippen molar-refractivity contribution in [1.82, 2.24) is 10.6 Å². The van der Waals surface area contributed by atoms with Crippen LogP contribution in [0.2, 0.25) is 0 Å². The van der Waals surface area contributed by atoms with E-state index in [-0.39, 0.29) is 18.9 Å². The van der Waals surface area contributed by atoms with Crippen molar-refractivity contribution in [1.29, 1.82) is 0 Å². The summed E-state index contributed by atoms with van der Waals surface area (Å²) in [6.07, 6.45) is 2.01. The van der Waals surface area contributed by atoms with Crippen molar-refractivity contribution in [3.05, 3.63) is 0 Å². The predicted molar refractivity (Wildman–Crippen MR) is 114 cm³/mol. The number of carbonyl (C=O) groups excluding carboxylic acids is 1. The van der Waals surface area contributed by atoms with E-state index in [1.54, 1.807) is 13.8 Å². The lowest BCUT2D eigenvalue weighted by Gasteiger charge is -2.11. The molecule has 31 heavy (non-hydrogen) atoms. The average molecular weight is 454 g/mol. The first-order valence-corrected chi connectivity index (χ1v) is 9.88. The van der Waals surface area contributed by atoms with Crippen LogP contribution in [0.1, 0.15) is 46.5 Å². The minimum absolute atomic E-state index is 0.0208. The summed E-state index contributed by atoms with van der Waals surface area (Å²) in [5.41, 5.74) is 15.1. The van der Waals surface area contributed by atoms with E-state index in [0.717, 1.165) is 6.42 Å². The van der Waals surface area contributed by atoms with Crippen LogP contribution in [-0.4, -0.2) is 82.2 Å². The largest absolute Gasteiger partial charge is 0.480 e. The highest BCUT2D eigenvalue weighted by Gasteiger charge is 2.15. The van der Waals surface area contributed by atoms with E-state index in [1.807, 2.05) is 6.92 Å². The number of primary amides is 1. The molecule has 0 spiro atoms. The highest BCUT2D eigenvalue weighted by molar-refractivity contribution is 5.74. The lowest BCUT2D eigenvalue weighted by Crippen LogP contribution is -2.37. The summed E-state index contributed by atoms with van der Waals surface area (Å²) in [5, 5.41) is 38.8. The number of amides is 2. The molecule has 0 radical (unpaired) electrons. The molecule has 2 amide bonds. The maximum atomic E-state index is 10.4. The number of aliphatic hydroxyl groups excluding tert-OH is 1. The Bertz CT molecular complexity index is 519. The second kappa shape index (κ2) is 20.8. The molecule has 3 atom stereocenters. The molecule has 0 heterocycles. The molecule has 0 aromatic heterocycles. The quantitative estimate of drug-likeness (QED) is 0.148. The molecule has 0 saturated carbocycles. The number of carboxylic acids is 3. The maximum Gasteiger partial charge on any atom is 0.320 e. The number of aliphatic hydroxyl groups is 1. The SMILES string of the molecule is CC(C)C(N)C(=O)O.CCCNC(CCO)C(=O)O.NC(=O)NCCCC(N)C(=O)O. The number of urea groups is 1. The molecule has 184 valence electrons. The summed E-state index contributed by atoms with van der Waals surface area (Å²) in [6, 6.07) is -2.78. The van der Waals surface area contributed by atoms with Gasteiger partial charge in [-0.3, -0.25) is 14.4 Å². The third-order valence-corrected chi connectivity index (χ3v) is 3.67. The van der Waals surface area contributed by atoms with E-state index < -0.39 is 42.1 Å². The lowest BCUT2D eigenvalue weighted by atomic mass is 10.1. The zero-order valence-electron chi connectivity index (χ0n) is 18.4. The molecule has 0 aliphatic heterocycles. The number of carbonyl (C=O) groups is 4. The Kier molecular flexibility index (Phi) is 22.2. The highest BCUT2D eigenvalue weighted by atomic mass is 16.4. The Balaban J connectivity index is -0.000000387. The van der Waals surface area contributed by atoms with Gasteiger partial charge in [0.2, 0.25) is 0 Å². The van der Waals surface area contributed by atoms with Crippen molar-refractivity contribution in [2.75, 3.05) is 19.7 Å². The monoisotopic (exact) mass is 453 g/mol. The van der Waals surface area contributed by atoms with Crippen LogP contribution in [0.5, 0.6) is 0 Å². The van der Waals surface area contributed by atoms with Crippen molar-refractivity contribution >= 4 is 23.9 Å². The van der Waals surface area contributed by atoms with Crippen LogP contribution in [0.4, 0.5) is 4.79 Å². The minimum Gasteiger partial charge on any atom is -0.480 e. The second-order valence-corrected chi connectivity index (χ2v) is 6.84. The van der Waals surface area contributed by atoms with Gasteiger partial charge in [0, 0.05) is 13.2 Å². The molecule has 0 aromatic rings. The molecule has 0 rings (SSSR count). The van der Waals surface area contributed by atoms with E-state index in [0.29, 0.717) is 25.9 Å². The van der Waals surface area contributed by atoms with E-state index in [4.69, 9.17) is 37.6 Å². The van der Waals surface area contributed by atoms with Gasteiger partial charge in [0.15, 0.2) is 0 Å². The van der Waals surface area contributed by atoms with Gasteiger partial charge in [-0.15, -0.1) is 0 Å². The highest BCUT2D eigenvalue weighted by Crippen LogP contribution is 1.96. The zero-order valence-corrected chi connectivity index (χ0v) is 18.4. The van der Waals surface area contributed by atoms with Gasteiger partial charge in [-0.05, 0) is 38.1 Å². The molecule has 0 bridgehead atoms. The molecule has 3 unspecified atom stereocenters. The summed E-state index contributed by atoms with van der Waals surface area (Å²) in [6.45, 7) is 6.46. The molecule has 0 saturated heterocycles. The van der Waals surface area contributed by atoms with Crippen LogP contribution < -0.4 is 27.8 Å². The molecule has 0 aromatic carbocycles. The Labute approximate surface area is 182 Å². The summed E-state index contributed by atoms with van der Waals surface area (Å²) in [5.74, 6) is -2.84. The summed E-state index contributed by atoms with van der Waals surface area (Å²) in [4.78, 5) is 40.8. The van der Waals surface area contributed by atoms with Crippen molar-refractivity contribution in [3.63, 3.8) is 0 Å². The third kappa shape index (κ3) is 23.7. The number of hydrogen-bond donors (Lipinski definition) is 9. The second-order valence-electron chi connectivity index (χ2n) is 6.84. The van der Waals surface area contributed by atoms with Crippen LogP contribution in [0.25, 0.3) is 0 Å². The molecule has 13 nitrogen and oxygen atoms in total. The molecular formula is C18H39N5O8. The third-order valence-electron chi connectivity index (χ3n) is 3.67. The average Bonchev–Trinajstić information content (AvgIpc) is 2.67. The summed E-state index contributed by atoms with van der Waals surface area (Å²) >= 11 is 0. The minimum atomic E-state index is -1.03. The number of carboxylic acid groups (broad SMARTS) is 3. The molecule has 13 heteroatoms. The van der Waals surface area contributed by atoms with Gasteiger partial charge in [-0.1, -0.05) is 20.8 Å². The zero-order chi connectivity index (χ0) is 25.0. The topological polar surface area (TPSA) is 251 Å².